The number of hydrogen-bond donors (Lipinski definition) is 12. The third-order valence-corrected chi connectivity index (χ3v) is 14.0. The minimum absolute atomic E-state index is 0.0432. The van der Waals surface area contributed by atoms with Crippen molar-refractivity contribution in [3.05, 3.63) is 104 Å². The van der Waals surface area contributed by atoms with E-state index in [9.17, 15) is 48.6 Å². The highest BCUT2D eigenvalue weighted by Gasteiger charge is 2.24. The number of nitrogens with two attached hydrogens (primary N) is 2. The number of aromatic nitrogens is 8. The number of H-pyrrole nitrogens is 2. The lowest BCUT2D eigenvalue weighted by Crippen LogP contribution is -2.41. The number of carbonyl (C=O) groups is 6. The van der Waals surface area contributed by atoms with Crippen LogP contribution in [0.5, 0.6) is 0 Å². The number of nitrogens with one attached hydrogen (secondary N) is 8. The fourth-order valence-corrected chi connectivity index (χ4v) is 9.24. The third kappa shape index (κ3) is 25.5. The monoisotopic (exact) mass is 1280 g/mol. The van der Waals surface area contributed by atoms with E-state index in [1.54, 1.807) is 24.3 Å². The molecule has 32 nitrogen and oxygen atoms in total. The molecule has 4 amide bonds. The zero-order valence-corrected chi connectivity index (χ0v) is 51.8. The molecule has 32 heteroatoms. The summed E-state index contributed by atoms with van der Waals surface area (Å²) >= 11 is 0. The summed E-state index contributed by atoms with van der Waals surface area (Å²) in [5.41, 5.74) is 13.0. The second-order valence-electron chi connectivity index (χ2n) is 21.2. The second kappa shape index (κ2) is 39.0. The average Bonchev–Trinajstić information content (AvgIpc) is 0.907. The molecule has 92 heavy (non-hydrogen) atoms. The van der Waals surface area contributed by atoms with E-state index in [1.807, 2.05) is 0 Å². The van der Waals surface area contributed by atoms with Gasteiger partial charge in [-0.15, -0.1) is 0 Å². The highest BCUT2D eigenvalue weighted by Crippen LogP contribution is 2.15. The lowest BCUT2D eigenvalue weighted by Gasteiger charge is -2.27. The third-order valence-electron chi connectivity index (χ3n) is 14.0. The number of rotatable bonds is 45. The first kappa shape index (κ1) is 71.7. The molecule has 0 aliphatic carbocycles. The van der Waals surface area contributed by atoms with Crippen LogP contribution in [0.2, 0.25) is 0 Å². The number of anilines is 4. The van der Waals surface area contributed by atoms with Crippen molar-refractivity contribution in [2.75, 3.05) is 127 Å². The number of carbonyl (C=O) groups excluding carboxylic acids is 4. The summed E-state index contributed by atoms with van der Waals surface area (Å²) in [6.45, 7) is 13.8. The van der Waals surface area contributed by atoms with Gasteiger partial charge in [0.1, 0.15) is 12.1 Å². The van der Waals surface area contributed by atoms with Crippen molar-refractivity contribution in [1.82, 2.24) is 70.9 Å². The number of amides is 4. The Morgan fingerprint density at radius 3 is 1.28 bits per heavy atom. The van der Waals surface area contributed by atoms with Gasteiger partial charge < -0.3 is 82.3 Å². The van der Waals surface area contributed by atoms with E-state index in [1.165, 1.54) is 36.7 Å². The fourth-order valence-electron chi connectivity index (χ4n) is 9.24. The molecule has 4 heterocycles. The number of benzene rings is 2. The molecule has 0 saturated carbocycles. The molecule has 0 spiro atoms. The van der Waals surface area contributed by atoms with Gasteiger partial charge in [-0.05, 0) is 100 Å². The van der Waals surface area contributed by atoms with Gasteiger partial charge in [0.15, 0.2) is 22.3 Å². The largest absolute Gasteiger partial charge is 0.480 e. The fraction of sp³-hybridized carbons (Fsp3) is 0.500. The number of fused-ring (bicyclic) bond motifs is 2. The number of hydrogen-bond acceptors (Lipinski definition) is 24. The first-order valence-electron chi connectivity index (χ1n) is 30.6. The van der Waals surface area contributed by atoms with Crippen LogP contribution >= 0.6 is 0 Å². The first-order valence-corrected chi connectivity index (χ1v) is 30.6. The number of aromatic amines is 2. The lowest BCUT2D eigenvalue weighted by atomic mass is 10.1. The van der Waals surface area contributed by atoms with Gasteiger partial charge in [-0.25, -0.2) is 29.5 Å². The Hall–Kier alpha value is -9.34. The van der Waals surface area contributed by atoms with Crippen LogP contribution in [0.25, 0.3) is 22.3 Å². The van der Waals surface area contributed by atoms with Gasteiger partial charge in [-0.2, -0.15) is 9.97 Å². The Labute approximate surface area is 530 Å². The van der Waals surface area contributed by atoms with Gasteiger partial charge >= 0.3 is 11.9 Å². The van der Waals surface area contributed by atoms with Gasteiger partial charge in [0.05, 0.1) is 76.5 Å². The van der Waals surface area contributed by atoms with E-state index in [0.717, 1.165) is 65.0 Å². The van der Waals surface area contributed by atoms with E-state index in [2.05, 4.69) is 95.4 Å². The normalized spacial score (nSPS) is 12.0. The van der Waals surface area contributed by atoms with Crippen LogP contribution in [0.3, 0.4) is 0 Å². The summed E-state index contributed by atoms with van der Waals surface area (Å²) in [6, 6.07) is 9.98. The molecule has 0 aliphatic heterocycles. The SMILES string of the molecule is CCCN(CCC)CCN(CCCOCCOCCNC(=O)CCC(NC(=O)c1ccc(NCc2cnc3nc(N)[nH]c(=O)c3n2)cc1)C(=O)O)CCCOCCOCCNC(=O)CCC(NC(=O)c1ccc(NCc2cnc3nc(N)[nH]c(=O)c3n2)cc1)C(=O)O. The van der Waals surface area contributed by atoms with E-state index in [0.29, 0.717) is 62.4 Å². The molecule has 4 aromatic heterocycles. The van der Waals surface area contributed by atoms with Crippen molar-refractivity contribution in [3.8, 4) is 0 Å². The Kier molecular flexibility index (Phi) is 30.4. The topological polar surface area (TPSA) is 454 Å². The number of nitrogens with zero attached hydrogens (tertiary/aromatic N) is 8. The maximum Gasteiger partial charge on any atom is 0.326 e. The molecular formula is C60H84N18O14. The molecule has 0 radical (unpaired) electrons. The van der Waals surface area contributed by atoms with E-state index >= 15 is 0 Å². The summed E-state index contributed by atoms with van der Waals surface area (Å²) in [6.07, 6.45) is 6.18. The van der Waals surface area contributed by atoms with Gasteiger partial charge in [0.25, 0.3) is 22.9 Å². The Morgan fingerprint density at radius 1 is 0.522 bits per heavy atom. The number of aliphatic carboxylic acids is 2. The summed E-state index contributed by atoms with van der Waals surface area (Å²) in [7, 11) is 0. The van der Waals surface area contributed by atoms with E-state index in [-0.39, 0.29) is 122 Å². The summed E-state index contributed by atoms with van der Waals surface area (Å²) < 4.78 is 22.9. The van der Waals surface area contributed by atoms with Gasteiger partial charge in [0.2, 0.25) is 23.7 Å². The number of nitrogen functional groups attached to an aromatic ring is 2. The maximum absolute atomic E-state index is 12.9. The quantitative estimate of drug-likeness (QED) is 0.0239. The van der Waals surface area contributed by atoms with Crippen molar-refractivity contribution < 1.29 is 57.9 Å². The predicted octanol–water partition coefficient (Wildman–Crippen LogP) is 1.26. The van der Waals surface area contributed by atoms with Crippen LogP contribution in [0.15, 0.2) is 70.5 Å². The highest BCUT2D eigenvalue weighted by atomic mass is 16.5. The Balaban J connectivity index is 0.764. The van der Waals surface area contributed by atoms with E-state index in [4.69, 9.17) is 30.4 Å². The second-order valence-corrected chi connectivity index (χ2v) is 21.2. The zero-order valence-electron chi connectivity index (χ0n) is 51.8. The van der Waals surface area contributed by atoms with Gasteiger partial charge in [-0.1, -0.05) is 13.8 Å². The van der Waals surface area contributed by atoms with Crippen molar-refractivity contribution >= 4 is 81.2 Å². The molecule has 2 aromatic carbocycles. The number of carboxylic acids is 2. The van der Waals surface area contributed by atoms with E-state index < -0.39 is 47.0 Å². The molecule has 2 unspecified atom stereocenters. The highest BCUT2D eigenvalue weighted by molar-refractivity contribution is 5.98. The van der Waals surface area contributed by atoms with Gasteiger partial charge in [0, 0.05) is 87.8 Å². The predicted molar refractivity (Wildman–Crippen MR) is 341 cm³/mol. The van der Waals surface area contributed by atoms with Crippen molar-refractivity contribution in [1.29, 1.82) is 0 Å². The molecule has 6 aromatic rings. The summed E-state index contributed by atoms with van der Waals surface area (Å²) in [5, 5.41) is 36.2. The Bertz CT molecular complexity index is 3230. The van der Waals surface area contributed by atoms with Crippen molar-refractivity contribution in [2.24, 2.45) is 0 Å². The molecule has 0 saturated heterocycles. The maximum atomic E-state index is 12.9. The first-order chi connectivity index (χ1) is 44.5. The Morgan fingerprint density at radius 2 is 0.902 bits per heavy atom. The molecular weight excluding hydrogens is 1200 g/mol. The lowest BCUT2D eigenvalue weighted by molar-refractivity contribution is -0.140. The average molecular weight is 1280 g/mol. The summed E-state index contributed by atoms with van der Waals surface area (Å²) in [5.74, 6) is -4.70. The van der Waals surface area contributed by atoms with Crippen LogP contribution in [-0.4, -0.2) is 213 Å². The van der Waals surface area contributed by atoms with Crippen molar-refractivity contribution in [3.63, 3.8) is 0 Å². The minimum Gasteiger partial charge on any atom is -0.480 e. The molecule has 14 N–H and O–H groups in total. The molecule has 498 valence electrons. The van der Waals surface area contributed by atoms with Crippen LogP contribution in [-0.2, 0) is 51.2 Å². The summed E-state index contributed by atoms with van der Waals surface area (Å²) in [4.78, 5) is 134. The zero-order chi connectivity index (χ0) is 66.0. The number of ether oxygens (including phenoxy) is 4. The smallest absolute Gasteiger partial charge is 0.326 e. The van der Waals surface area contributed by atoms with Crippen LogP contribution in [0.4, 0.5) is 23.3 Å². The molecule has 0 aliphatic rings. The number of carboxylic acid groups (broad SMARTS) is 2. The van der Waals surface area contributed by atoms with Crippen molar-refractivity contribution in [2.45, 2.75) is 90.4 Å². The van der Waals surface area contributed by atoms with Gasteiger partial charge in [-0.3, -0.25) is 38.7 Å². The standard InChI is InChI=1S/C60H84N18O14/c1-3-21-77(22-4-2)25-26-78(23-5-27-89-31-33-91-29-19-63-47(79)17-15-45(57(85)86)71-53(81)39-7-11-41(12-8-39)65-35-43-37-67-51-49(69-43)55(83)75-59(61)73-51)24-6-28-90-32-34-92-30-20-64-48(80)18-16-46(58(87)88)72-54(82)40-9-13-42(14-10-40)66-36-44-38-68-52-50(70-44)56(84)76-60(62)74-52/h7-14,37-38,45-46,65-66H,3-6,15-36H2,1-2H3,(H,63,79)(H,64,80)(H,71,81)(H,72,82)(H,85,86)(H,87,88)(H3,61,67,73,75,83)(H3,62,68,74,76,84). The molecule has 0 fully saturated rings. The minimum atomic E-state index is -1.30. The van der Waals surface area contributed by atoms with Crippen LogP contribution < -0.4 is 54.5 Å². The van der Waals surface area contributed by atoms with Crippen LogP contribution in [0.1, 0.15) is 97.3 Å². The molecule has 0 bridgehead atoms. The van der Waals surface area contributed by atoms with Crippen LogP contribution in [0, 0.1) is 0 Å². The molecule has 2 atom stereocenters. The molecule has 6 rings (SSSR count).